The molecule has 4 rings (SSSR count). The summed E-state index contributed by atoms with van der Waals surface area (Å²) in [6.45, 7) is 4.06. The first-order chi connectivity index (χ1) is 12.9. The third kappa shape index (κ3) is 3.31. The third-order valence-electron chi connectivity index (χ3n) is 4.79. The molecule has 1 atom stereocenters. The Kier molecular flexibility index (Phi) is 4.61. The number of amides is 1. The van der Waals surface area contributed by atoms with Crippen LogP contribution in [0.2, 0.25) is 5.02 Å². The van der Waals surface area contributed by atoms with Crippen molar-refractivity contribution in [1.82, 2.24) is 9.78 Å². The van der Waals surface area contributed by atoms with E-state index in [4.69, 9.17) is 11.6 Å². The summed E-state index contributed by atoms with van der Waals surface area (Å²) >= 11 is 6.01. The molecule has 5 nitrogen and oxygen atoms in total. The molecule has 0 aliphatic carbocycles. The minimum absolute atomic E-state index is 0.274. The molecule has 1 N–H and O–H groups in total. The van der Waals surface area contributed by atoms with Gasteiger partial charge in [-0.05, 0) is 49.2 Å². The van der Waals surface area contributed by atoms with Crippen LogP contribution in [0.25, 0.3) is 5.69 Å². The van der Waals surface area contributed by atoms with E-state index in [1.807, 2.05) is 32.0 Å². The summed E-state index contributed by atoms with van der Waals surface area (Å²) in [5.41, 5.74) is 5.19. The summed E-state index contributed by atoms with van der Waals surface area (Å²) in [4.78, 5) is 12.8. The van der Waals surface area contributed by atoms with Crippen LogP contribution >= 0.6 is 11.6 Å². The molecule has 0 bridgehead atoms. The van der Waals surface area contributed by atoms with Crippen LogP contribution in [0.1, 0.15) is 32.7 Å². The van der Waals surface area contributed by atoms with Gasteiger partial charge in [0.05, 0.1) is 22.9 Å². The molecule has 0 spiro atoms. The lowest BCUT2D eigenvalue weighted by Gasteiger charge is -2.14. The van der Waals surface area contributed by atoms with Gasteiger partial charge in [-0.3, -0.25) is 9.00 Å². The maximum atomic E-state index is 12.8. The Balaban J connectivity index is 1.80. The Morgan fingerprint density at radius 2 is 1.96 bits per heavy atom. The zero-order valence-corrected chi connectivity index (χ0v) is 16.5. The highest BCUT2D eigenvalue weighted by Gasteiger charge is 2.29. The van der Waals surface area contributed by atoms with Crippen molar-refractivity contribution in [2.24, 2.45) is 0 Å². The summed E-state index contributed by atoms with van der Waals surface area (Å²) in [6, 6.07) is 12.8. The number of nitrogens with zero attached hydrogens (tertiary/aromatic N) is 2. The van der Waals surface area contributed by atoms with E-state index in [-0.39, 0.29) is 5.91 Å². The molecule has 1 aliphatic heterocycles. The second kappa shape index (κ2) is 6.94. The molecule has 0 saturated heterocycles. The summed E-state index contributed by atoms with van der Waals surface area (Å²) < 4.78 is 13.8. The van der Waals surface area contributed by atoms with Crippen molar-refractivity contribution in [3.8, 4) is 5.69 Å². The van der Waals surface area contributed by atoms with Gasteiger partial charge in [-0.1, -0.05) is 29.8 Å². The minimum atomic E-state index is -0.984. The number of carbonyl (C=O) groups excluding carboxylic acids is 1. The van der Waals surface area contributed by atoms with E-state index >= 15 is 0 Å². The molecule has 138 valence electrons. The molecule has 27 heavy (non-hydrogen) atoms. The van der Waals surface area contributed by atoms with Crippen molar-refractivity contribution in [3.05, 3.63) is 75.4 Å². The predicted octanol–water partition coefficient (Wildman–Crippen LogP) is 4.16. The average molecular weight is 400 g/mol. The van der Waals surface area contributed by atoms with Gasteiger partial charge in [-0.15, -0.1) is 0 Å². The molecule has 1 aromatic heterocycles. The number of nitrogens with one attached hydrogen (secondary N) is 1. The lowest BCUT2D eigenvalue weighted by Crippen LogP contribution is -2.17. The maximum absolute atomic E-state index is 12.8. The molecule has 1 aliphatic rings. The van der Waals surface area contributed by atoms with Crippen molar-refractivity contribution in [3.63, 3.8) is 0 Å². The van der Waals surface area contributed by atoms with Crippen LogP contribution in [-0.4, -0.2) is 19.9 Å². The van der Waals surface area contributed by atoms with Gasteiger partial charge in [-0.25, -0.2) is 4.68 Å². The SMILES string of the molecule is Cc1cccc(-n2nc3c(c2NC(=O)c2cccc(Cl)c2)C[S@@](=O)C3)c1C. The van der Waals surface area contributed by atoms with Crippen LogP contribution in [0.4, 0.5) is 5.82 Å². The van der Waals surface area contributed by atoms with E-state index in [1.165, 1.54) is 0 Å². The third-order valence-corrected chi connectivity index (χ3v) is 6.23. The molecule has 0 fully saturated rings. The standard InChI is InChI=1S/C20H18ClN3O2S/c1-12-5-3-8-18(13(12)2)24-19(16-10-27(26)11-17(16)23-24)22-20(25)14-6-4-7-15(21)9-14/h3-9H,10-11H2,1-2H3,(H,22,25)/t27-/m1/s1. The predicted molar refractivity (Wildman–Crippen MR) is 108 cm³/mol. The summed E-state index contributed by atoms with van der Waals surface area (Å²) in [5.74, 6) is 1.11. The maximum Gasteiger partial charge on any atom is 0.256 e. The smallest absolute Gasteiger partial charge is 0.256 e. The minimum Gasteiger partial charge on any atom is -0.306 e. The van der Waals surface area contributed by atoms with Gasteiger partial charge in [0.2, 0.25) is 0 Å². The molecule has 0 unspecified atom stereocenters. The number of carbonyl (C=O) groups is 1. The number of hydrogen-bond donors (Lipinski definition) is 1. The number of aryl methyl sites for hydroxylation is 1. The lowest BCUT2D eigenvalue weighted by atomic mass is 10.1. The molecule has 0 radical (unpaired) electrons. The second-order valence-electron chi connectivity index (χ2n) is 6.60. The Morgan fingerprint density at radius 3 is 2.74 bits per heavy atom. The molecule has 0 saturated carbocycles. The van der Waals surface area contributed by atoms with E-state index in [2.05, 4.69) is 10.4 Å². The average Bonchev–Trinajstić information content (AvgIpc) is 3.14. The van der Waals surface area contributed by atoms with Crippen LogP contribution < -0.4 is 5.32 Å². The highest BCUT2D eigenvalue weighted by molar-refractivity contribution is 7.83. The Morgan fingerprint density at radius 1 is 1.19 bits per heavy atom. The zero-order chi connectivity index (χ0) is 19.1. The van der Waals surface area contributed by atoms with E-state index in [9.17, 15) is 9.00 Å². The summed E-state index contributed by atoms with van der Waals surface area (Å²) in [7, 11) is -0.984. The first-order valence-electron chi connectivity index (χ1n) is 8.53. The van der Waals surface area contributed by atoms with Crippen LogP contribution in [0.3, 0.4) is 0 Å². The number of hydrogen-bond acceptors (Lipinski definition) is 3. The van der Waals surface area contributed by atoms with E-state index in [1.54, 1.807) is 28.9 Å². The zero-order valence-electron chi connectivity index (χ0n) is 15.0. The molecule has 3 aromatic rings. The number of aromatic nitrogens is 2. The first kappa shape index (κ1) is 17.9. The molecule has 7 heteroatoms. The Bertz CT molecular complexity index is 1090. The molecule has 2 heterocycles. The highest BCUT2D eigenvalue weighted by atomic mass is 35.5. The van der Waals surface area contributed by atoms with E-state index in [0.29, 0.717) is 27.9 Å². The Labute approximate surface area is 164 Å². The van der Waals surface area contributed by atoms with Gasteiger partial charge in [0.1, 0.15) is 5.82 Å². The fourth-order valence-electron chi connectivity index (χ4n) is 3.20. The van der Waals surface area contributed by atoms with Crippen molar-refractivity contribution < 1.29 is 9.00 Å². The topological polar surface area (TPSA) is 64.0 Å². The van der Waals surface area contributed by atoms with Crippen LogP contribution in [0, 0.1) is 13.8 Å². The van der Waals surface area contributed by atoms with Gasteiger partial charge >= 0.3 is 0 Å². The molecule has 2 aromatic carbocycles. The van der Waals surface area contributed by atoms with Crippen LogP contribution in [0.15, 0.2) is 42.5 Å². The Hall–Kier alpha value is -2.44. The van der Waals surface area contributed by atoms with Gasteiger partial charge < -0.3 is 5.32 Å². The van der Waals surface area contributed by atoms with Crippen molar-refractivity contribution >= 4 is 34.1 Å². The monoisotopic (exact) mass is 399 g/mol. The van der Waals surface area contributed by atoms with Gasteiger partial charge in [0, 0.05) is 26.9 Å². The largest absolute Gasteiger partial charge is 0.306 e. The number of fused-ring (bicyclic) bond motifs is 1. The van der Waals surface area contributed by atoms with Crippen molar-refractivity contribution in [2.45, 2.75) is 25.4 Å². The molecular formula is C20H18ClN3O2S. The van der Waals surface area contributed by atoms with Crippen molar-refractivity contribution in [1.29, 1.82) is 0 Å². The van der Waals surface area contributed by atoms with Gasteiger partial charge in [0.25, 0.3) is 5.91 Å². The second-order valence-corrected chi connectivity index (χ2v) is 8.49. The molecule has 1 amide bonds. The quantitative estimate of drug-likeness (QED) is 0.719. The lowest BCUT2D eigenvalue weighted by molar-refractivity contribution is 0.102. The normalized spacial score (nSPS) is 15.6. The number of halogens is 1. The van der Waals surface area contributed by atoms with Gasteiger partial charge in [0.15, 0.2) is 0 Å². The number of benzene rings is 2. The van der Waals surface area contributed by atoms with E-state index in [0.717, 1.165) is 28.1 Å². The van der Waals surface area contributed by atoms with Crippen LogP contribution in [0.5, 0.6) is 0 Å². The van der Waals surface area contributed by atoms with Crippen molar-refractivity contribution in [2.75, 3.05) is 5.32 Å². The van der Waals surface area contributed by atoms with Gasteiger partial charge in [-0.2, -0.15) is 5.10 Å². The summed E-state index contributed by atoms with van der Waals surface area (Å²) in [5, 5.41) is 8.13. The first-order valence-corrected chi connectivity index (χ1v) is 10.4. The van der Waals surface area contributed by atoms with Crippen LogP contribution in [-0.2, 0) is 22.3 Å². The number of anilines is 1. The fourth-order valence-corrected chi connectivity index (χ4v) is 4.66. The number of rotatable bonds is 3. The summed E-state index contributed by atoms with van der Waals surface area (Å²) in [6.07, 6.45) is 0. The van der Waals surface area contributed by atoms with E-state index < -0.39 is 10.8 Å². The fraction of sp³-hybridized carbons (Fsp3) is 0.200. The molecular weight excluding hydrogens is 382 g/mol. The highest BCUT2D eigenvalue weighted by Crippen LogP contribution is 2.33.